The molecule has 0 amide bonds. The fourth-order valence-corrected chi connectivity index (χ4v) is 5.76. The summed E-state index contributed by atoms with van der Waals surface area (Å²) < 4.78 is 1.14. The van der Waals surface area contributed by atoms with Crippen LogP contribution in [0.3, 0.4) is 0 Å². The average Bonchev–Trinajstić information content (AvgIpc) is 3.12. The lowest BCUT2D eigenvalue weighted by molar-refractivity contribution is 0.769. The van der Waals surface area contributed by atoms with Gasteiger partial charge in [-0.15, -0.1) is 0 Å². The number of hydrogen-bond acceptors (Lipinski definition) is 0. The standard InChI is InChI=1S/C29H19Br/c30-27-17-9-15-23-22(27)18-19-26-28(23)24-14-7-8-16-25(24)29(26,20-10-3-1-4-11-20)21-12-5-2-6-13-21/h1-19H. The van der Waals surface area contributed by atoms with E-state index in [0.717, 1.165) is 4.47 Å². The van der Waals surface area contributed by atoms with Gasteiger partial charge < -0.3 is 0 Å². The van der Waals surface area contributed by atoms with Crippen molar-refractivity contribution in [3.8, 4) is 11.1 Å². The van der Waals surface area contributed by atoms with Gasteiger partial charge in [0, 0.05) is 4.47 Å². The van der Waals surface area contributed by atoms with Gasteiger partial charge in [0.2, 0.25) is 0 Å². The molecule has 0 heterocycles. The highest BCUT2D eigenvalue weighted by Gasteiger charge is 2.46. The van der Waals surface area contributed by atoms with Crippen LogP contribution < -0.4 is 0 Å². The van der Waals surface area contributed by atoms with Crippen LogP contribution >= 0.6 is 15.9 Å². The number of fused-ring (bicyclic) bond motifs is 5. The minimum absolute atomic E-state index is 0.328. The van der Waals surface area contributed by atoms with Crippen molar-refractivity contribution in [1.82, 2.24) is 0 Å². The van der Waals surface area contributed by atoms with Gasteiger partial charge in [0.05, 0.1) is 5.41 Å². The first-order chi connectivity index (χ1) is 14.8. The molecule has 30 heavy (non-hydrogen) atoms. The molecule has 0 aromatic heterocycles. The number of hydrogen-bond donors (Lipinski definition) is 0. The van der Waals surface area contributed by atoms with Crippen molar-refractivity contribution in [1.29, 1.82) is 0 Å². The van der Waals surface area contributed by atoms with E-state index < -0.39 is 0 Å². The molecule has 142 valence electrons. The van der Waals surface area contributed by atoms with Crippen molar-refractivity contribution in [3.05, 3.63) is 142 Å². The van der Waals surface area contributed by atoms with E-state index in [-0.39, 0.29) is 5.41 Å². The third-order valence-electron chi connectivity index (χ3n) is 6.43. The van der Waals surface area contributed by atoms with Crippen molar-refractivity contribution >= 4 is 26.7 Å². The first-order valence-electron chi connectivity index (χ1n) is 10.2. The van der Waals surface area contributed by atoms with Crippen molar-refractivity contribution in [3.63, 3.8) is 0 Å². The maximum absolute atomic E-state index is 3.76. The van der Waals surface area contributed by atoms with Crippen molar-refractivity contribution in [2.24, 2.45) is 0 Å². The molecule has 5 aromatic rings. The minimum Gasteiger partial charge on any atom is -0.0622 e. The Morgan fingerprint density at radius 1 is 0.467 bits per heavy atom. The smallest absolute Gasteiger partial charge is 0.0622 e. The van der Waals surface area contributed by atoms with Gasteiger partial charge in [-0.25, -0.2) is 0 Å². The van der Waals surface area contributed by atoms with Crippen molar-refractivity contribution in [2.75, 3.05) is 0 Å². The molecule has 0 radical (unpaired) electrons. The predicted molar refractivity (Wildman–Crippen MR) is 129 cm³/mol. The summed E-state index contributed by atoms with van der Waals surface area (Å²) in [4.78, 5) is 0. The highest BCUT2D eigenvalue weighted by Crippen LogP contribution is 2.57. The summed E-state index contributed by atoms with van der Waals surface area (Å²) in [5.74, 6) is 0. The van der Waals surface area contributed by atoms with Gasteiger partial charge in [-0.1, -0.05) is 125 Å². The predicted octanol–water partition coefficient (Wildman–Crippen LogP) is 7.97. The van der Waals surface area contributed by atoms with Crippen molar-refractivity contribution in [2.45, 2.75) is 5.41 Å². The van der Waals surface area contributed by atoms with Crippen LogP contribution in [-0.4, -0.2) is 0 Å². The van der Waals surface area contributed by atoms with Gasteiger partial charge in [-0.2, -0.15) is 0 Å². The third kappa shape index (κ3) is 2.27. The Morgan fingerprint density at radius 3 is 1.80 bits per heavy atom. The van der Waals surface area contributed by atoms with E-state index in [2.05, 4.69) is 131 Å². The monoisotopic (exact) mass is 446 g/mol. The first kappa shape index (κ1) is 17.7. The van der Waals surface area contributed by atoms with E-state index >= 15 is 0 Å². The van der Waals surface area contributed by atoms with Crippen molar-refractivity contribution < 1.29 is 0 Å². The van der Waals surface area contributed by atoms with Crippen LogP contribution in [-0.2, 0) is 5.41 Å². The molecule has 0 spiro atoms. The van der Waals surface area contributed by atoms with E-state index in [1.54, 1.807) is 0 Å². The summed E-state index contributed by atoms with van der Waals surface area (Å²) >= 11 is 3.76. The molecule has 1 heteroatoms. The molecule has 0 saturated heterocycles. The van der Waals surface area contributed by atoms with Gasteiger partial charge in [0.25, 0.3) is 0 Å². The van der Waals surface area contributed by atoms with E-state index in [1.807, 2.05) is 0 Å². The lowest BCUT2D eigenvalue weighted by Gasteiger charge is -2.33. The zero-order chi connectivity index (χ0) is 20.1. The Balaban J connectivity index is 1.85. The fourth-order valence-electron chi connectivity index (χ4n) is 5.26. The summed E-state index contributed by atoms with van der Waals surface area (Å²) in [6.07, 6.45) is 0. The molecular formula is C29H19Br. The molecule has 0 fully saturated rings. The van der Waals surface area contributed by atoms with Gasteiger partial charge in [-0.05, 0) is 50.2 Å². The molecule has 1 aliphatic rings. The molecule has 0 nitrogen and oxygen atoms in total. The largest absolute Gasteiger partial charge is 0.0713 e. The maximum Gasteiger partial charge on any atom is 0.0713 e. The maximum atomic E-state index is 3.76. The van der Waals surface area contributed by atoms with Crippen LogP contribution in [0.4, 0.5) is 0 Å². The Hall–Kier alpha value is -3.16. The lowest BCUT2D eigenvalue weighted by Crippen LogP contribution is -2.28. The first-order valence-corrected chi connectivity index (χ1v) is 11.0. The van der Waals surface area contributed by atoms with E-state index in [0.29, 0.717) is 0 Å². The van der Waals surface area contributed by atoms with E-state index in [9.17, 15) is 0 Å². The Kier molecular flexibility index (Phi) is 3.94. The second-order valence-electron chi connectivity index (χ2n) is 7.85. The summed E-state index contributed by atoms with van der Waals surface area (Å²) in [6, 6.07) is 41.9. The zero-order valence-corrected chi connectivity index (χ0v) is 17.9. The SMILES string of the molecule is Brc1cccc2c3c(ccc12)C(c1ccccc1)(c1ccccc1)c1ccccc1-3. The average molecular weight is 447 g/mol. The van der Waals surface area contributed by atoms with Crippen LogP contribution in [0, 0.1) is 0 Å². The lowest BCUT2D eigenvalue weighted by atomic mass is 9.67. The van der Waals surface area contributed by atoms with Crippen LogP contribution in [0.2, 0.25) is 0 Å². The molecule has 5 aromatic carbocycles. The highest BCUT2D eigenvalue weighted by atomic mass is 79.9. The summed E-state index contributed by atoms with van der Waals surface area (Å²) in [7, 11) is 0. The van der Waals surface area contributed by atoms with Crippen LogP contribution in [0.25, 0.3) is 21.9 Å². The Bertz CT molecular complexity index is 1350. The zero-order valence-electron chi connectivity index (χ0n) is 16.3. The molecule has 0 unspecified atom stereocenters. The number of halogens is 1. The third-order valence-corrected chi connectivity index (χ3v) is 7.12. The van der Waals surface area contributed by atoms with Gasteiger partial charge >= 0.3 is 0 Å². The molecule has 0 saturated carbocycles. The number of benzene rings is 5. The van der Waals surface area contributed by atoms with Crippen LogP contribution in [0.1, 0.15) is 22.3 Å². The number of rotatable bonds is 2. The molecule has 0 atom stereocenters. The van der Waals surface area contributed by atoms with Gasteiger partial charge in [0.1, 0.15) is 0 Å². The molecule has 0 bridgehead atoms. The van der Waals surface area contributed by atoms with Gasteiger partial charge in [0.15, 0.2) is 0 Å². The highest BCUT2D eigenvalue weighted by molar-refractivity contribution is 9.10. The molecule has 0 N–H and O–H groups in total. The minimum atomic E-state index is -0.328. The van der Waals surface area contributed by atoms with Crippen LogP contribution in [0.15, 0.2) is 120 Å². The second kappa shape index (κ2) is 6.68. The Labute approximate surface area is 185 Å². The van der Waals surface area contributed by atoms with E-state index in [1.165, 1.54) is 44.2 Å². The van der Waals surface area contributed by atoms with Crippen LogP contribution in [0.5, 0.6) is 0 Å². The molecular weight excluding hydrogens is 428 g/mol. The molecule has 6 rings (SSSR count). The summed E-state index contributed by atoms with van der Waals surface area (Å²) in [5.41, 5.74) is 7.65. The molecule has 0 aliphatic heterocycles. The summed E-state index contributed by atoms with van der Waals surface area (Å²) in [6.45, 7) is 0. The topological polar surface area (TPSA) is 0 Å². The second-order valence-corrected chi connectivity index (χ2v) is 8.71. The summed E-state index contributed by atoms with van der Waals surface area (Å²) in [5, 5.41) is 2.55. The fraction of sp³-hybridized carbons (Fsp3) is 0.0345. The molecule has 1 aliphatic carbocycles. The Morgan fingerprint density at radius 2 is 1.10 bits per heavy atom. The quantitative estimate of drug-likeness (QED) is 0.253. The normalized spacial score (nSPS) is 13.8. The van der Waals surface area contributed by atoms with Gasteiger partial charge in [-0.3, -0.25) is 0 Å². The van der Waals surface area contributed by atoms with E-state index in [4.69, 9.17) is 0 Å².